The Morgan fingerprint density at radius 2 is 2.28 bits per heavy atom. The van der Waals surface area contributed by atoms with Gasteiger partial charge in [-0.1, -0.05) is 6.07 Å². The lowest BCUT2D eigenvalue weighted by Gasteiger charge is -2.38. The van der Waals surface area contributed by atoms with Gasteiger partial charge >= 0.3 is 5.97 Å². The molecule has 1 aromatic rings. The summed E-state index contributed by atoms with van der Waals surface area (Å²) >= 11 is 0. The first-order valence-corrected chi connectivity index (χ1v) is 5.74. The van der Waals surface area contributed by atoms with Crippen LogP contribution in [0.5, 0.6) is 0 Å². The molecular formula is C13H13FN2O2. The van der Waals surface area contributed by atoms with E-state index in [0.717, 1.165) is 12.5 Å². The lowest BCUT2D eigenvalue weighted by Crippen LogP contribution is -2.56. The molecule has 1 saturated carbocycles. The van der Waals surface area contributed by atoms with E-state index >= 15 is 0 Å². The third-order valence-electron chi connectivity index (χ3n) is 3.43. The van der Waals surface area contributed by atoms with E-state index in [9.17, 15) is 9.18 Å². The van der Waals surface area contributed by atoms with E-state index in [1.165, 1.54) is 12.1 Å². The van der Waals surface area contributed by atoms with Gasteiger partial charge in [0.15, 0.2) is 0 Å². The largest absolute Gasteiger partial charge is 0.480 e. The Hall–Kier alpha value is -1.93. The molecule has 0 amide bonds. The molecule has 2 N–H and O–H groups in total. The minimum absolute atomic E-state index is 0.238. The molecule has 0 saturated heterocycles. The van der Waals surface area contributed by atoms with Crippen LogP contribution in [-0.4, -0.2) is 16.6 Å². The second kappa shape index (κ2) is 4.75. The Morgan fingerprint density at radius 1 is 1.56 bits per heavy atom. The van der Waals surface area contributed by atoms with E-state index < -0.39 is 17.3 Å². The maximum atomic E-state index is 12.9. The molecule has 1 aromatic carbocycles. The molecule has 1 fully saturated rings. The van der Waals surface area contributed by atoms with Gasteiger partial charge in [0.05, 0.1) is 11.6 Å². The van der Waals surface area contributed by atoms with Gasteiger partial charge in [-0.3, -0.25) is 10.1 Å². The van der Waals surface area contributed by atoms with Gasteiger partial charge in [-0.15, -0.1) is 0 Å². The van der Waals surface area contributed by atoms with Crippen LogP contribution >= 0.6 is 0 Å². The average molecular weight is 248 g/mol. The molecule has 0 aliphatic heterocycles. The molecule has 2 rings (SSSR count). The predicted molar refractivity (Wildman–Crippen MR) is 62.2 cm³/mol. The summed E-state index contributed by atoms with van der Waals surface area (Å²) in [7, 11) is 0. The minimum Gasteiger partial charge on any atom is -0.480 e. The molecule has 1 aliphatic rings. The van der Waals surface area contributed by atoms with E-state index in [0.29, 0.717) is 18.4 Å². The first kappa shape index (κ1) is 12.5. The number of hydrogen-bond donors (Lipinski definition) is 2. The topological polar surface area (TPSA) is 73.1 Å². The number of nitrogens with one attached hydrogen (secondary N) is 1. The molecule has 5 heteroatoms. The fraction of sp³-hybridized carbons (Fsp3) is 0.385. The predicted octanol–water partition coefficient (Wildman–Crippen LogP) is 1.79. The van der Waals surface area contributed by atoms with Crippen molar-refractivity contribution in [2.75, 3.05) is 0 Å². The van der Waals surface area contributed by atoms with Crippen LogP contribution in [0.1, 0.15) is 30.4 Å². The van der Waals surface area contributed by atoms with Crippen molar-refractivity contribution in [1.29, 1.82) is 5.26 Å². The lowest BCUT2D eigenvalue weighted by atomic mass is 9.76. The Bertz CT molecular complexity index is 518. The normalized spacial score (nSPS) is 16.7. The molecule has 0 unspecified atom stereocenters. The monoisotopic (exact) mass is 248 g/mol. The van der Waals surface area contributed by atoms with E-state index in [1.807, 2.05) is 6.07 Å². The van der Waals surface area contributed by atoms with Crippen molar-refractivity contribution < 1.29 is 14.3 Å². The molecular weight excluding hydrogens is 235 g/mol. The zero-order valence-electron chi connectivity index (χ0n) is 9.74. The molecule has 0 radical (unpaired) electrons. The SMILES string of the molecule is N#Cc1cc(F)ccc1CNC1(C(=O)O)CCC1. The number of aliphatic carboxylic acids is 1. The lowest BCUT2D eigenvalue weighted by molar-refractivity contribution is -0.148. The van der Waals surface area contributed by atoms with Gasteiger partial charge in [-0.25, -0.2) is 4.39 Å². The fourth-order valence-electron chi connectivity index (χ4n) is 2.07. The Balaban J connectivity index is 2.11. The summed E-state index contributed by atoms with van der Waals surface area (Å²) < 4.78 is 12.9. The van der Waals surface area contributed by atoms with Crippen LogP contribution in [0.15, 0.2) is 18.2 Å². The van der Waals surface area contributed by atoms with Crippen LogP contribution in [-0.2, 0) is 11.3 Å². The highest BCUT2D eigenvalue weighted by Crippen LogP contribution is 2.32. The first-order chi connectivity index (χ1) is 8.57. The molecule has 4 nitrogen and oxygen atoms in total. The van der Waals surface area contributed by atoms with Crippen molar-refractivity contribution in [2.45, 2.75) is 31.3 Å². The van der Waals surface area contributed by atoms with Gasteiger partial charge in [-0.2, -0.15) is 5.26 Å². The number of nitriles is 1. The van der Waals surface area contributed by atoms with E-state index in [1.54, 1.807) is 0 Å². The summed E-state index contributed by atoms with van der Waals surface area (Å²) in [5.41, 5.74) is -0.0185. The standard InChI is InChI=1S/C13H13FN2O2/c14-11-3-2-9(10(6-11)7-15)8-16-13(12(17)18)4-1-5-13/h2-3,6,16H,1,4-5,8H2,(H,17,18). The number of hydrogen-bond acceptors (Lipinski definition) is 3. The maximum Gasteiger partial charge on any atom is 0.323 e. The number of carboxylic acid groups (broad SMARTS) is 1. The van der Waals surface area contributed by atoms with Crippen LogP contribution in [0.25, 0.3) is 0 Å². The van der Waals surface area contributed by atoms with Crippen LogP contribution in [0.2, 0.25) is 0 Å². The van der Waals surface area contributed by atoms with Gasteiger partial charge in [0.1, 0.15) is 11.4 Å². The zero-order valence-corrected chi connectivity index (χ0v) is 9.74. The highest BCUT2D eigenvalue weighted by atomic mass is 19.1. The summed E-state index contributed by atoms with van der Waals surface area (Å²) in [6, 6.07) is 5.85. The zero-order chi connectivity index (χ0) is 13.2. The summed E-state index contributed by atoms with van der Waals surface area (Å²) in [5.74, 6) is -1.33. The van der Waals surface area contributed by atoms with Crippen LogP contribution in [0, 0.1) is 17.1 Å². The van der Waals surface area contributed by atoms with Crippen LogP contribution in [0.3, 0.4) is 0 Å². The second-order valence-electron chi connectivity index (χ2n) is 4.51. The fourth-order valence-corrected chi connectivity index (χ4v) is 2.07. The smallest absolute Gasteiger partial charge is 0.323 e. The van der Waals surface area contributed by atoms with Crippen molar-refractivity contribution in [3.63, 3.8) is 0 Å². The van der Waals surface area contributed by atoms with E-state index in [-0.39, 0.29) is 12.1 Å². The summed E-state index contributed by atoms with van der Waals surface area (Å²) in [6.45, 7) is 0.259. The van der Waals surface area contributed by atoms with Crippen molar-refractivity contribution in [2.24, 2.45) is 0 Å². The Kier molecular flexibility index (Phi) is 3.30. The number of nitrogens with zero attached hydrogens (tertiary/aromatic N) is 1. The molecule has 0 heterocycles. The van der Waals surface area contributed by atoms with Crippen molar-refractivity contribution in [1.82, 2.24) is 5.32 Å². The number of carboxylic acids is 1. The maximum absolute atomic E-state index is 12.9. The van der Waals surface area contributed by atoms with Gasteiger partial charge in [0.25, 0.3) is 0 Å². The summed E-state index contributed by atoms with van der Waals surface area (Å²) in [4.78, 5) is 11.1. The third-order valence-corrected chi connectivity index (χ3v) is 3.43. The quantitative estimate of drug-likeness (QED) is 0.852. The molecule has 1 aliphatic carbocycles. The van der Waals surface area contributed by atoms with E-state index in [4.69, 9.17) is 10.4 Å². The molecule has 94 valence electrons. The molecule has 0 atom stereocenters. The molecule has 18 heavy (non-hydrogen) atoms. The highest BCUT2D eigenvalue weighted by molar-refractivity contribution is 5.80. The van der Waals surface area contributed by atoms with Gasteiger partial charge < -0.3 is 5.11 Å². The van der Waals surface area contributed by atoms with Crippen molar-refractivity contribution in [3.05, 3.63) is 35.1 Å². The minimum atomic E-state index is -0.874. The van der Waals surface area contributed by atoms with E-state index in [2.05, 4.69) is 5.32 Å². The van der Waals surface area contributed by atoms with Gasteiger partial charge in [0.2, 0.25) is 0 Å². The molecule has 0 aromatic heterocycles. The summed E-state index contributed by atoms with van der Waals surface area (Å²) in [5, 5.41) is 21.0. The van der Waals surface area contributed by atoms with Crippen LogP contribution in [0.4, 0.5) is 4.39 Å². The number of carbonyl (C=O) groups is 1. The van der Waals surface area contributed by atoms with Crippen LogP contribution < -0.4 is 5.32 Å². The van der Waals surface area contributed by atoms with Crippen molar-refractivity contribution in [3.8, 4) is 6.07 Å². The number of rotatable bonds is 4. The second-order valence-corrected chi connectivity index (χ2v) is 4.51. The molecule has 0 bridgehead atoms. The first-order valence-electron chi connectivity index (χ1n) is 5.74. The summed E-state index contributed by atoms with van der Waals surface area (Å²) in [6.07, 6.45) is 2.06. The molecule has 0 spiro atoms. The Labute approximate surface area is 104 Å². The van der Waals surface area contributed by atoms with Gasteiger partial charge in [-0.05, 0) is 37.0 Å². The Morgan fingerprint density at radius 3 is 2.78 bits per heavy atom. The van der Waals surface area contributed by atoms with Gasteiger partial charge in [0, 0.05) is 6.54 Å². The average Bonchev–Trinajstić information content (AvgIpc) is 2.28. The number of benzene rings is 1. The third kappa shape index (κ3) is 2.20. The highest BCUT2D eigenvalue weighted by Gasteiger charge is 2.43. The number of halogens is 1. The van der Waals surface area contributed by atoms with Crippen molar-refractivity contribution >= 4 is 5.97 Å².